The van der Waals surface area contributed by atoms with Gasteiger partial charge in [0.25, 0.3) is 0 Å². The average molecular weight is 332 g/mol. The van der Waals surface area contributed by atoms with Gasteiger partial charge < -0.3 is 4.74 Å². The Morgan fingerprint density at radius 2 is 1.95 bits per heavy atom. The number of amides is 1. The highest BCUT2D eigenvalue weighted by atomic mass is 35.5. The smallest absolute Gasteiger partial charge is 0.414 e. The van der Waals surface area contributed by atoms with Gasteiger partial charge >= 0.3 is 6.18 Å². The Labute approximate surface area is 122 Å². The molecule has 112 valence electrons. The van der Waals surface area contributed by atoms with Crippen LogP contribution in [0.2, 0.25) is 10.0 Å². The summed E-state index contributed by atoms with van der Waals surface area (Å²) in [6, 6.07) is 4.53. The lowest BCUT2D eigenvalue weighted by Gasteiger charge is -2.09. The maximum Gasteiger partial charge on any atom is 0.414 e. The van der Waals surface area contributed by atoms with E-state index in [1.54, 1.807) is 11.5 Å². The van der Waals surface area contributed by atoms with Crippen molar-refractivity contribution in [3.05, 3.63) is 28.2 Å². The number of alkyl halides is 3. The fourth-order valence-corrected chi connectivity index (χ4v) is 1.37. The van der Waals surface area contributed by atoms with Gasteiger partial charge in [-0.05, 0) is 12.1 Å². The van der Waals surface area contributed by atoms with Gasteiger partial charge in [0.15, 0.2) is 6.61 Å². The molecule has 1 rings (SSSR count). The molecular weight excluding hydrogens is 322 g/mol. The first-order valence-corrected chi connectivity index (χ1v) is 6.09. The molecule has 0 aromatic heterocycles. The van der Waals surface area contributed by atoms with Crippen LogP contribution >= 0.6 is 23.2 Å². The molecule has 0 aliphatic carbocycles. The summed E-state index contributed by atoms with van der Waals surface area (Å²) in [6.45, 7) is -1.59. The minimum atomic E-state index is -4.50. The van der Waals surface area contributed by atoms with Crippen molar-refractivity contribution in [2.45, 2.75) is 12.6 Å². The topological polar surface area (TPSA) is 47.6 Å². The van der Waals surface area contributed by atoms with Crippen LogP contribution in [0.1, 0.15) is 6.42 Å². The van der Waals surface area contributed by atoms with Crippen LogP contribution in [0.3, 0.4) is 0 Å². The molecule has 0 heterocycles. The molecule has 20 heavy (non-hydrogen) atoms. The lowest BCUT2D eigenvalue weighted by molar-refractivity contribution is -0.191. The van der Waals surface area contributed by atoms with Crippen molar-refractivity contribution in [2.24, 2.45) is 0 Å². The first kappa shape index (κ1) is 16.9. The summed E-state index contributed by atoms with van der Waals surface area (Å²) in [7, 11) is 0. The van der Waals surface area contributed by atoms with E-state index in [1.807, 2.05) is 0 Å². The summed E-state index contributed by atoms with van der Waals surface area (Å²) in [5.74, 6) is -0.335. The van der Waals surface area contributed by atoms with Gasteiger partial charge in [0.1, 0.15) is 5.75 Å². The predicted octanol–water partition coefficient (Wildman–Crippen LogP) is 3.37. The minimum Gasteiger partial charge on any atom is -0.493 e. The van der Waals surface area contributed by atoms with Crippen molar-refractivity contribution in [1.29, 1.82) is 0 Å². The molecule has 0 bridgehead atoms. The number of benzene rings is 1. The van der Waals surface area contributed by atoms with Crippen LogP contribution in [0.5, 0.6) is 5.75 Å². The van der Waals surface area contributed by atoms with E-state index >= 15 is 0 Å². The van der Waals surface area contributed by atoms with Gasteiger partial charge in [0, 0.05) is 6.07 Å². The number of hydrogen-bond acceptors (Lipinski definition) is 3. The zero-order chi connectivity index (χ0) is 15.2. The zero-order valence-electron chi connectivity index (χ0n) is 9.97. The van der Waals surface area contributed by atoms with E-state index in [4.69, 9.17) is 27.9 Å². The van der Waals surface area contributed by atoms with Gasteiger partial charge in [-0.3, -0.25) is 9.63 Å². The maximum absolute atomic E-state index is 11.7. The van der Waals surface area contributed by atoms with Crippen molar-refractivity contribution < 1.29 is 27.5 Å². The van der Waals surface area contributed by atoms with Crippen molar-refractivity contribution in [3.63, 3.8) is 0 Å². The SMILES string of the molecule is O=C(CCOc1ccc(Cl)c(Cl)c1)NOCC(F)(F)F. The monoisotopic (exact) mass is 331 g/mol. The van der Waals surface area contributed by atoms with Gasteiger partial charge in [-0.2, -0.15) is 13.2 Å². The number of carbonyl (C=O) groups is 1. The Bertz CT molecular complexity index is 469. The molecule has 0 aliphatic rings. The molecule has 0 atom stereocenters. The molecule has 1 aromatic rings. The van der Waals surface area contributed by atoms with E-state index in [9.17, 15) is 18.0 Å². The normalized spacial score (nSPS) is 11.2. The number of ether oxygens (including phenoxy) is 1. The molecule has 1 aromatic carbocycles. The molecule has 0 fully saturated rings. The fraction of sp³-hybridized carbons (Fsp3) is 0.364. The standard InChI is InChI=1S/C11H10Cl2F3NO3/c12-8-2-1-7(5-9(8)13)19-4-3-10(18)17-20-6-11(14,15)16/h1-2,5H,3-4,6H2,(H,17,18). The highest BCUT2D eigenvalue weighted by Gasteiger charge is 2.28. The number of rotatable bonds is 6. The Hall–Kier alpha value is -1.18. The Morgan fingerprint density at radius 1 is 1.25 bits per heavy atom. The van der Waals surface area contributed by atoms with Crippen LogP contribution in [-0.2, 0) is 9.63 Å². The van der Waals surface area contributed by atoms with E-state index in [-0.39, 0.29) is 13.0 Å². The van der Waals surface area contributed by atoms with Crippen molar-refractivity contribution in [1.82, 2.24) is 5.48 Å². The van der Waals surface area contributed by atoms with Crippen molar-refractivity contribution >= 4 is 29.1 Å². The van der Waals surface area contributed by atoms with Crippen LogP contribution in [0.25, 0.3) is 0 Å². The van der Waals surface area contributed by atoms with E-state index < -0.39 is 18.7 Å². The molecule has 0 saturated carbocycles. The first-order chi connectivity index (χ1) is 9.28. The minimum absolute atomic E-state index is 0.0425. The van der Waals surface area contributed by atoms with E-state index in [0.717, 1.165) is 0 Å². The number of hydrogen-bond donors (Lipinski definition) is 1. The van der Waals surface area contributed by atoms with E-state index in [0.29, 0.717) is 15.8 Å². The molecule has 9 heteroatoms. The van der Waals surface area contributed by atoms with Gasteiger partial charge in [-0.15, -0.1) is 0 Å². The summed E-state index contributed by atoms with van der Waals surface area (Å²) >= 11 is 11.4. The molecule has 0 saturated heterocycles. The first-order valence-electron chi connectivity index (χ1n) is 5.33. The average Bonchev–Trinajstić information content (AvgIpc) is 2.32. The summed E-state index contributed by atoms with van der Waals surface area (Å²) in [5.41, 5.74) is 1.66. The molecular formula is C11H10Cl2F3NO3. The fourth-order valence-electron chi connectivity index (χ4n) is 1.08. The maximum atomic E-state index is 11.7. The third-order valence-electron chi connectivity index (χ3n) is 1.91. The number of carbonyl (C=O) groups excluding carboxylic acids is 1. The Balaban J connectivity index is 2.23. The lowest BCUT2D eigenvalue weighted by atomic mass is 10.3. The number of halogens is 5. The second-order valence-electron chi connectivity index (χ2n) is 3.60. The Morgan fingerprint density at radius 3 is 2.55 bits per heavy atom. The Kier molecular flexibility index (Phi) is 6.38. The highest BCUT2D eigenvalue weighted by Crippen LogP contribution is 2.26. The molecule has 4 nitrogen and oxygen atoms in total. The number of nitrogens with one attached hydrogen (secondary N) is 1. The van der Waals surface area contributed by atoms with E-state index in [1.165, 1.54) is 12.1 Å². The second-order valence-corrected chi connectivity index (χ2v) is 4.42. The molecule has 0 unspecified atom stereocenters. The summed E-state index contributed by atoms with van der Waals surface area (Å²) in [4.78, 5) is 15.1. The predicted molar refractivity (Wildman–Crippen MR) is 66.7 cm³/mol. The third-order valence-corrected chi connectivity index (χ3v) is 2.65. The second kappa shape index (κ2) is 7.56. The van der Waals surface area contributed by atoms with Crippen molar-refractivity contribution in [3.8, 4) is 5.75 Å². The van der Waals surface area contributed by atoms with Crippen molar-refractivity contribution in [2.75, 3.05) is 13.2 Å². The van der Waals surface area contributed by atoms with Crippen LogP contribution in [0.15, 0.2) is 18.2 Å². The van der Waals surface area contributed by atoms with Gasteiger partial charge in [-0.1, -0.05) is 23.2 Å². The van der Waals surface area contributed by atoms with Crippen LogP contribution < -0.4 is 10.2 Å². The lowest BCUT2D eigenvalue weighted by Crippen LogP contribution is -2.30. The molecule has 0 radical (unpaired) electrons. The van der Waals surface area contributed by atoms with Crippen LogP contribution in [0.4, 0.5) is 13.2 Å². The summed E-state index contributed by atoms with van der Waals surface area (Å²) in [6.07, 6.45) is -4.66. The third kappa shape index (κ3) is 6.83. The quantitative estimate of drug-likeness (QED) is 0.813. The van der Waals surface area contributed by atoms with Crippen LogP contribution in [0, 0.1) is 0 Å². The summed E-state index contributed by atoms with van der Waals surface area (Å²) in [5, 5.41) is 0.652. The largest absolute Gasteiger partial charge is 0.493 e. The molecule has 0 spiro atoms. The number of hydroxylamine groups is 1. The molecule has 1 N–H and O–H groups in total. The van der Waals surface area contributed by atoms with E-state index in [2.05, 4.69) is 4.84 Å². The van der Waals surface area contributed by atoms with Gasteiger partial charge in [0.2, 0.25) is 5.91 Å². The van der Waals surface area contributed by atoms with Crippen LogP contribution in [-0.4, -0.2) is 25.3 Å². The highest BCUT2D eigenvalue weighted by molar-refractivity contribution is 6.42. The van der Waals surface area contributed by atoms with Gasteiger partial charge in [-0.25, -0.2) is 5.48 Å². The summed E-state index contributed by atoms with van der Waals surface area (Å²) < 4.78 is 40.4. The van der Waals surface area contributed by atoms with Gasteiger partial charge in [0.05, 0.1) is 23.1 Å². The zero-order valence-corrected chi connectivity index (χ0v) is 11.5. The molecule has 1 amide bonds. The molecule has 0 aliphatic heterocycles.